The maximum atomic E-state index is 11.0. The predicted molar refractivity (Wildman–Crippen MR) is 52.7 cm³/mol. The van der Waals surface area contributed by atoms with Crippen LogP contribution in [-0.4, -0.2) is 18.0 Å². The Hall–Kier alpha value is -0.370. The van der Waals surface area contributed by atoms with Crippen LogP contribution in [-0.2, 0) is 9.53 Å². The van der Waals surface area contributed by atoms with Gasteiger partial charge in [0.1, 0.15) is 5.78 Å². The smallest absolute Gasteiger partial charge is 0.132 e. The van der Waals surface area contributed by atoms with Crippen molar-refractivity contribution in [2.45, 2.75) is 52.1 Å². The Bertz CT molecular complexity index is 169. The van der Waals surface area contributed by atoms with Gasteiger partial charge in [0.2, 0.25) is 0 Å². The lowest BCUT2D eigenvalue weighted by Crippen LogP contribution is -2.26. The van der Waals surface area contributed by atoms with Crippen LogP contribution in [0, 0.1) is 5.92 Å². The van der Waals surface area contributed by atoms with Crippen LogP contribution in [0.15, 0.2) is 0 Å². The molecule has 0 saturated heterocycles. The first-order valence-corrected chi connectivity index (χ1v) is 5.13. The van der Waals surface area contributed by atoms with Gasteiger partial charge in [-0.2, -0.15) is 0 Å². The van der Waals surface area contributed by atoms with Crippen molar-refractivity contribution >= 4 is 5.78 Å². The van der Waals surface area contributed by atoms with E-state index in [0.29, 0.717) is 11.7 Å². The van der Waals surface area contributed by atoms with E-state index in [1.54, 1.807) is 0 Å². The van der Waals surface area contributed by atoms with Crippen molar-refractivity contribution in [1.82, 2.24) is 0 Å². The summed E-state index contributed by atoms with van der Waals surface area (Å²) in [4.78, 5) is 11.0. The lowest BCUT2D eigenvalue weighted by molar-refractivity contribution is -0.121. The topological polar surface area (TPSA) is 26.3 Å². The quantitative estimate of drug-likeness (QED) is 0.659. The highest BCUT2D eigenvalue weighted by molar-refractivity contribution is 5.78. The summed E-state index contributed by atoms with van der Waals surface area (Å²) in [5.41, 5.74) is -0.0402. The number of Topliss-reactive ketones (excluding diaryl/α,β-unsaturated/α-hetero) is 1. The Labute approximate surface area is 80.7 Å². The van der Waals surface area contributed by atoms with Gasteiger partial charge in [-0.25, -0.2) is 0 Å². The summed E-state index contributed by atoms with van der Waals surface area (Å²) in [5.74, 6) is 1.03. The van der Waals surface area contributed by atoms with Gasteiger partial charge in [0.25, 0.3) is 0 Å². The molecule has 0 N–H and O–H groups in total. The van der Waals surface area contributed by atoms with Crippen LogP contribution in [0.3, 0.4) is 0 Å². The summed E-state index contributed by atoms with van der Waals surface area (Å²) < 4.78 is 5.69. The van der Waals surface area contributed by atoms with Crippen LogP contribution in [0.2, 0.25) is 0 Å². The second kappa shape index (κ2) is 4.23. The number of carbonyl (C=O) groups is 1. The molecule has 13 heavy (non-hydrogen) atoms. The molecule has 0 spiro atoms. The van der Waals surface area contributed by atoms with Gasteiger partial charge in [-0.1, -0.05) is 0 Å². The molecule has 0 aromatic heterocycles. The van der Waals surface area contributed by atoms with E-state index in [-0.39, 0.29) is 5.60 Å². The molecule has 0 aromatic rings. The van der Waals surface area contributed by atoms with Gasteiger partial charge >= 0.3 is 0 Å². The predicted octanol–water partition coefficient (Wildman–Crippen LogP) is 2.56. The Kier molecular flexibility index (Phi) is 3.48. The minimum Gasteiger partial charge on any atom is -0.376 e. The molecule has 1 saturated carbocycles. The zero-order valence-electron chi connectivity index (χ0n) is 8.93. The van der Waals surface area contributed by atoms with Crippen molar-refractivity contribution in [3.8, 4) is 0 Å². The summed E-state index contributed by atoms with van der Waals surface area (Å²) >= 11 is 0. The highest BCUT2D eigenvalue weighted by atomic mass is 16.5. The van der Waals surface area contributed by atoms with Crippen molar-refractivity contribution in [2.75, 3.05) is 6.61 Å². The van der Waals surface area contributed by atoms with Crippen LogP contribution < -0.4 is 0 Å². The molecule has 1 fully saturated rings. The molecule has 0 aliphatic heterocycles. The van der Waals surface area contributed by atoms with Gasteiger partial charge in [0.15, 0.2) is 0 Å². The maximum absolute atomic E-state index is 11.0. The van der Waals surface area contributed by atoms with Crippen molar-refractivity contribution in [3.05, 3.63) is 0 Å². The third-order valence-electron chi connectivity index (χ3n) is 2.41. The third kappa shape index (κ3) is 4.41. The molecule has 0 amide bonds. The maximum Gasteiger partial charge on any atom is 0.132 e. The molecule has 0 aromatic carbocycles. The summed E-state index contributed by atoms with van der Waals surface area (Å²) in [5, 5.41) is 0. The first kappa shape index (κ1) is 10.7. The highest BCUT2D eigenvalue weighted by Crippen LogP contribution is 2.23. The molecule has 0 radical (unpaired) electrons. The molecule has 0 heterocycles. The van der Waals surface area contributed by atoms with Gasteiger partial charge in [-0.15, -0.1) is 0 Å². The van der Waals surface area contributed by atoms with Crippen LogP contribution in [0.5, 0.6) is 0 Å². The van der Waals surface area contributed by atoms with E-state index in [1.165, 1.54) is 0 Å². The lowest BCUT2D eigenvalue weighted by Gasteiger charge is -2.26. The second-order valence-electron chi connectivity index (χ2n) is 4.91. The van der Waals surface area contributed by atoms with Crippen molar-refractivity contribution in [1.29, 1.82) is 0 Å². The average Bonchev–Trinajstić information content (AvgIpc) is 2.02. The molecule has 0 atom stereocenters. The highest BCUT2D eigenvalue weighted by Gasteiger charge is 2.20. The second-order valence-corrected chi connectivity index (χ2v) is 4.91. The van der Waals surface area contributed by atoms with Gasteiger partial charge in [-0.05, 0) is 39.5 Å². The zero-order valence-corrected chi connectivity index (χ0v) is 8.93. The molecular weight excluding hydrogens is 164 g/mol. The van der Waals surface area contributed by atoms with E-state index in [9.17, 15) is 4.79 Å². The number of ether oxygens (including phenoxy) is 1. The van der Waals surface area contributed by atoms with Crippen molar-refractivity contribution < 1.29 is 9.53 Å². The van der Waals surface area contributed by atoms with E-state index in [0.717, 1.165) is 32.3 Å². The van der Waals surface area contributed by atoms with E-state index in [1.807, 2.05) is 0 Å². The fourth-order valence-electron chi connectivity index (χ4n) is 1.53. The van der Waals surface area contributed by atoms with Gasteiger partial charge in [0.05, 0.1) is 12.2 Å². The molecule has 76 valence electrons. The average molecular weight is 184 g/mol. The van der Waals surface area contributed by atoms with Crippen LogP contribution >= 0.6 is 0 Å². The summed E-state index contributed by atoms with van der Waals surface area (Å²) in [6, 6.07) is 0. The zero-order chi connectivity index (χ0) is 9.90. The molecule has 1 aliphatic rings. The number of rotatable bonds is 2. The van der Waals surface area contributed by atoms with E-state index >= 15 is 0 Å². The molecular formula is C11H20O2. The number of hydrogen-bond acceptors (Lipinski definition) is 2. The molecule has 1 aliphatic carbocycles. The van der Waals surface area contributed by atoms with Crippen LogP contribution in [0.4, 0.5) is 0 Å². The normalized spacial score (nSPS) is 20.7. The van der Waals surface area contributed by atoms with E-state index in [2.05, 4.69) is 20.8 Å². The van der Waals surface area contributed by atoms with Crippen molar-refractivity contribution in [3.63, 3.8) is 0 Å². The van der Waals surface area contributed by atoms with E-state index < -0.39 is 0 Å². The number of carbonyl (C=O) groups excluding carboxylic acids is 1. The molecule has 0 unspecified atom stereocenters. The Balaban J connectivity index is 2.20. The summed E-state index contributed by atoms with van der Waals surface area (Å²) in [6.45, 7) is 7.03. The molecule has 2 heteroatoms. The Morgan fingerprint density at radius 1 is 1.31 bits per heavy atom. The number of ketones is 1. The Morgan fingerprint density at radius 2 is 1.85 bits per heavy atom. The first-order valence-electron chi connectivity index (χ1n) is 5.13. The SMILES string of the molecule is CC(C)(C)OCC1CCC(=O)CC1. The monoisotopic (exact) mass is 184 g/mol. The fourth-order valence-corrected chi connectivity index (χ4v) is 1.53. The first-order chi connectivity index (χ1) is 5.97. The van der Waals surface area contributed by atoms with E-state index in [4.69, 9.17) is 4.74 Å². The minimum absolute atomic E-state index is 0.0402. The minimum atomic E-state index is -0.0402. The van der Waals surface area contributed by atoms with Gasteiger partial charge in [0, 0.05) is 12.8 Å². The summed E-state index contributed by atoms with van der Waals surface area (Å²) in [6.07, 6.45) is 3.57. The van der Waals surface area contributed by atoms with Crippen LogP contribution in [0.1, 0.15) is 46.5 Å². The molecule has 2 nitrogen and oxygen atoms in total. The summed E-state index contributed by atoms with van der Waals surface area (Å²) in [7, 11) is 0. The van der Waals surface area contributed by atoms with Gasteiger partial charge < -0.3 is 4.74 Å². The van der Waals surface area contributed by atoms with Crippen molar-refractivity contribution in [2.24, 2.45) is 5.92 Å². The van der Waals surface area contributed by atoms with Crippen LogP contribution in [0.25, 0.3) is 0 Å². The molecule has 1 rings (SSSR count). The fraction of sp³-hybridized carbons (Fsp3) is 0.909. The lowest BCUT2D eigenvalue weighted by atomic mass is 9.89. The Morgan fingerprint density at radius 3 is 2.31 bits per heavy atom. The third-order valence-corrected chi connectivity index (χ3v) is 2.41. The van der Waals surface area contributed by atoms with Gasteiger partial charge in [-0.3, -0.25) is 4.79 Å². The molecule has 0 bridgehead atoms. The number of hydrogen-bond donors (Lipinski definition) is 0. The largest absolute Gasteiger partial charge is 0.376 e. The standard InChI is InChI=1S/C11H20O2/c1-11(2,3)13-8-9-4-6-10(12)7-5-9/h9H,4-8H2,1-3H3.